The molecule has 3 rings (SSSR count). The van der Waals surface area contributed by atoms with Crippen molar-refractivity contribution in [1.82, 2.24) is 5.32 Å². The Morgan fingerprint density at radius 2 is 1.85 bits per heavy atom. The Hall–Kier alpha value is -1.61. The van der Waals surface area contributed by atoms with E-state index in [1.165, 1.54) is 12.8 Å². The second-order valence-corrected chi connectivity index (χ2v) is 5.82. The maximum atomic E-state index is 11.8. The van der Waals surface area contributed by atoms with Crippen molar-refractivity contribution in [2.75, 3.05) is 6.54 Å². The van der Waals surface area contributed by atoms with Crippen molar-refractivity contribution in [2.45, 2.75) is 31.7 Å². The van der Waals surface area contributed by atoms with Crippen LogP contribution in [0.5, 0.6) is 0 Å². The number of benzene rings is 1. The van der Waals surface area contributed by atoms with Gasteiger partial charge in [-0.3, -0.25) is 4.79 Å². The van der Waals surface area contributed by atoms with Crippen molar-refractivity contribution in [3.8, 4) is 0 Å². The largest absolute Gasteiger partial charge is 0.481 e. The Labute approximate surface area is 119 Å². The van der Waals surface area contributed by atoms with Gasteiger partial charge < -0.3 is 10.4 Å². The quantitative estimate of drug-likeness (QED) is 0.888. The molecule has 0 radical (unpaired) electrons. The van der Waals surface area contributed by atoms with Gasteiger partial charge in [0.15, 0.2) is 0 Å². The van der Waals surface area contributed by atoms with Crippen LogP contribution in [-0.4, -0.2) is 23.7 Å². The Bertz CT molecular complexity index is 503. The van der Waals surface area contributed by atoms with Gasteiger partial charge in [-0.05, 0) is 29.9 Å². The lowest BCUT2D eigenvalue weighted by Gasteiger charge is -2.35. The van der Waals surface area contributed by atoms with Gasteiger partial charge in [0.1, 0.15) is 0 Å². The van der Waals surface area contributed by atoms with Crippen LogP contribution in [0.3, 0.4) is 0 Å². The molecule has 2 N–H and O–H groups in total. The van der Waals surface area contributed by atoms with Gasteiger partial charge in [0.25, 0.3) is 0 Å². The van der Waals surface area contributed by atoms with Crippen LogP contribution in [0.2, 0.25) is 0 Å². The van der Waals surface area contributed by atoms with Crippen LogP contribution in [0, 0.1) is 11.8 Å². The molecule has 3 nitrogen and oxygen atoms in total. The zero-order valence-corrected chi connectivity index (χ0v) is 11.6. The van der Waals surface area contributed by atoms with E-state index in [2.05, 4.69) is 5.32 Å². The standard InChI is InChI=1S/C17H21NO2/c19-17(20)15-14(12-6-2-1-3-7-12)10-11-18-16(15)13-8-4-5-9-13/h1-3,6-7,10,13,15-16,18H,4-5,8-9,11H2,(H,19,20). The number of carboxylic acid groups (broad SMARTS) is 1. The molecule has 1 saturated carbocycles. The Kier molecular flexibility index (Phi) is 3.88. The molecule has 1 fully saturated rings. The summed E-state index contributed by atoms with van der Waals surface area (Å²) in [5, 5.41) is 13.2. The Morgan fingerprint density at radius 1 is 1.15 bits per heavy atom. The number of carboxylic acids is 1. The summed E-state index contributed by atoms with van der Waals surface area (Å²) < 4.78 is 0. The summed E-state index contributed by atoms with van der Waals surface area (Å²) in [5.41, 5.74) is 2.03. The van der Waals surface area contributed by atoms with Gasteiger partial charge in [0.2, 0.25) is 0 Å². The highest BCUT2D eigenvalue weighted by atomic mass is 16.4. The summed E-state index contributed by atoms with van der Waals surface area (Å²) in [5.74, 6) is -0.623. The van der Waals surface area contributed by atoms with Crippen molar-refractivity contribution in [2.24, 2.45) is 11.8 Å². The van der Waals surface area contributed by atoms with Gasteiger partial charge in [-0.15, -0.1) is 0 Å². The lowest BCUT2D eigenvalue weighted by Crippen LogP contribution is -2.48. The van der Waals surface area contributed by atoms with Crippen LogP contribution in [0.25, 0.3) is 5.57 Å². The molecule has 0 saturated heterocycles. The predicted octanol–water partition coefficient (Wildman–Crippen LogP) is 2.93. The third-order valence-electron chi connectivity index (χ3n) is 4.65. The molecule has 0 spiro atoms. The Balaban J connectivity index is 1.92. The lowest BCUT2D eigenvalue weighted by atomic mass is 9.78. The van der Waals surface area contributed by atoms with E-state index in [1.54, 1.807) is 0 Å². The van der Waals surface area contributed by atoms with E-state index < -0.39 is 11.9 Å². The first-order chi connectivity index (χ1) is 9.77. The highest BCUT2D eigenvalue weighted by molar-refractivity contribution is 5.89. The highest BCUT2D eigenvalue weighted by Crippen LogP contribution is 2.37. The third-order valence-corrected chi connectivity index (χ3v) is 4.65. The fourth-order valence-electron chi connectivity index (χ4n) is 3.71. The van der Waals surface area contributed by atoms with Crippen LogP contribution in [0.1, 0.15) is 31.2 Å². The summed E-state index contributed by atoms with van der Waals surface area (Å²) in [6, 6.07) is 10.0. The molecule has 2 unspecified atom stereocenters. The normalized spacial score (nSPS) is 27.3. The number of aliphatic carboxylic acids is 1. The van der Waals surface area contributed by atoms with Gasteiger partial charge in [-0.1, -0.05) is 49.2 Å². The molecule has 1 aliphatic carbocycles. The zero-order chi connectivity index (χ0) is 13.9. The molecular weight excluding hydrogens is 250 g/mol. The first kappa shape index (κ1) is 13.4. The summed E-state index contributed by atoms with van der Waals surface area (Å²) in [6.07, 6.45) is 6.83. The number of hydrogen-bond acceptors (Lipinski definition) is 2. The molecule has 1 aliphatic heterocycles. The van der Waals surface area contributed by atoms with Crippen molar-refractivity contribution in [3.05, 3.63) is 42.0 Å². The number of carbonyl (C=O) groups is 1. The molecule has 20 heavy (non-hydrogen) atoms. The highest BCUT2D eigenvalue weighted by Gasteiger charge is 2.39. The van der Waals surface area contributed by atoms with E-state index >= 15 is 0 Å². The van der Waals surface area contributed by atoms with Crippen molar-refractivity contribution >= 4 is 11.5 Å². The van der Waals surface area contributed by atoms with E-state index in [9.17, 15) is 9.90 Å². The van der Waals surface area contributed by atoms with Gasteiger partial charge in [0.05, 0.1) is 5.92 Å². The average molecular weight is 271 g/mol. The molecule has 1 aromatic carbocycles. The van der Waals surface area contributed by atoms with Gasteiger partial charge in [-0.25, -0.2) is 0 Å². The topological polar surface area (TPSA) is 49.3 Å². The summed E-state index contributed by atoms with van der Waals surface area (Å²) in [4.78, 5) is 11.8. The smallest absolute Gasteiger partial charge is 0.312 e. The predicted molar refractivity (Wildman–Crippen MR) is 79.3 cm³/mol. The molecule has 106 valence electrons. The maximum Gasteiger partial charge on any atom is 0.312 e. The molecule has 2 aliphatic rings. The summed E-state index contributed by atoms with van der Waals surface area (Å²) in [6.45, 7) is 0.773. The van der Waals surface area contributed by atoms with Crippen LogP contribution in [0.15, 0.2) is 36.4 Å². The second-order valence-electron chi connectivity index (χ2n) is 5.82. The van der Waals surface area contributed by atoms with Crippen molar-refractivity contribution in [1.29, 1.82) is 0 Å². The van der Waals surface area contributed by atoms with Crippen LogP contribution >= 0.6 is 0 Å². The molecule has 0 bridgehead atoms. The number of nitrogens with one attached hydrogen (secondary N) is 1. The fraction of sp³-hybridized carbons (Fsp3) is 0.471. The lowest BCUT2D eigenvalue weighted by molar-refractivity contribution is -0.141. The monoisotopic (exact) mass is 271 g/mol. The summed E-state index contributed by atoms with van der Waals surface area (Å²) >= 11 is 0. The van der Waals surface area contributed by atoms with Gasteiger partial charge in [0, 0.05) is 12.6 Å². The minimum absolute atomic E-state index is 0.0789. The van der Waals surface area contributed by atoms with E-state index in [1.807, 2.05) is 36.4 Å². The minimum Gasteiger partial charge on any atom is -0.481 e. The fourth-order valence-corrected chi connectivity index (χ4v) is 3.71. The second kappa shape index (κ2) is 5.80. The molecule has 0 aromatic heterocycles. The third kappa shape index (κ3) is 2.50. The Morgan fingerprint density at radius 3 is 2.50 bits per heavy atom. The van der Waals surface area contributed by atoms with E-state index in [0.717, 1.165) is 30.5 Å². The van der Waals surface area contributed by atoms with E-state index in [-0.39, 0.29) is 6.04 Å². The van der Waals surface area contributed by atoms with Crippen LogP contribution in [0.4, 0.5) is 0 Å². The van der Waals surface area contributed by atoms with E-state index in [4.69, 9.17) is 0 Å². The van der Waals surface area contributed by atoms with Crippen molar-refractivity contribution in [3.63, 3.8) is 0 Å². The maximum absolute atomic E-state index is 11.8. The molecule has 3 heteroatoms. The SMILES string of the molecule is O=C(O)C1C(c2ccccc2)=CCNC1C1CCCC1. The van der Waals surface area contributed by atoms with Crippen molar-refractivity contribution < 1.29 is 9.90 Å². The van der Waals surface area contributed by atoms with Gasteiger partial charge >= 0.3 is 5.97 Å². The van der Waals surface area contributed by atoms with E-state index in [0.29, 0.717) is 5.92 Å². The minimum atomic E-state index is -0.704. The number of hydrogen-bond donors (Lipinski definition) is 2. The molecule has 1 aromatic rings. The van der Waals surface area contributed by atoms with Crippen LogP contribution < -0.4 is 5.32 Å². The van der Waals surface area contributed by atoms with Gasteiger partial charge in [-0.2, -0.15) is 0 Å². The first-order valence-corrected chi connectivity index (χ1v) is 7.49. The molecular formula is C17H21NO2. The molecule has 0 amide bonds. The molecule has 1 heterocycles. The zero-order valence-electron chi connectivity index (χ0n) is 11.6. The average Bonchev–Trinajstić information content (AvgIpc) is 3.01. The number of rotatable bonds is 3. The first-order valence-electron chi connectivity index (χ1n) is 7.49. The summed E-state index contributed by atoms with van der Waals surface area (Å²) in [7, 11) is 0. The van der Waals surface area contributed by atoms with Crippen LogP contribution in [-0.2, 0) is 4.79 Å². The molecule has 2 atom stereocenters.